The Labute approximate surface area is 385 Å². The van der Waals surface area contributed by atoms with Gasteiger partial charge in [0.15, 0.2) is 0 Å². The van der Waals surface area contributed by atoms with Crippen molar-refractivity contribution in [3.8, 4) is 0 Å². The van der Waals surface area contributed by atoms with Crippen LogP contribution in [0.2, 0.25) is 0 Å². The molecule has 0 fully saturated rings. The van der Waals surface area contributed by atoms with Crippen molar-refractivity contribution in [3.05, 3.63) is 48.6 Å². The minimum absolute atomic E-state index is 0.0520. The molecular formula is C56H103NO5. The molecule has 0 aliphatic rings. The SMILES string of the molecule is CCCCC/C=C\C/C=C\C/C=C\CCCCCCCCC(=O)OC(CCC/C=C\CCCCCCCC)CC(=O)NC(CO)C(O)CCCCCCCCCCCCCCC. The minimum atomic E-state index is -0.796. The van der Waals surface area contributed by atoms with Crippen molar-refractivity contribution in [1.82, 2.24) is 5.32 Å². The zero-order valence-corrected chi connectivity index (χ0v) is 41.3. The van der Waals surface area contributed by atoms with Crippen molar-refractivity contribution in [2.45, 2.75) is 289 Å². The van der Waals surface area contributed by atoms with E-state index < -0.39 is 18.2 Å². The molecule has 0 bridgehead atoms. The van der Waals surface area contributed by atoms with E-state index in [0.29, 0.717) is 19.3 Å². The summed E-state index contributed by atoms with van der Waals surface area (Å²) in [7, 11) is 0. The summed E-state index contributed by atoms with van der Waals surface area (Å²) in [5.74, 6) is -0.512. The molecule has 0 aliphatic heterocycles. The van der Waals surface area contributed by atoms with Gasteiger partial charge in [0.1, 0.15) is 6.10 Å². The Balaban J connectivity index is 4.54. The number of aliphatic hydroxyl groups excluding tert-OH is 2. The Hall–Kier alpha value is -2.18. The van der Waals surface area contributed by atoms with E-state index >= 15 is 0 Å². The van der Waals surface area contributed by atoms with E-state index in [1.54, 1.807) is 0 Å². The largest absolute Gasteiger partial charge is 0.462 e. The summed E-state index contributed by atoms with van der Waals surface area (Å²) in [6.45, 7) is 6.44. The summed E-state index contributed by atoms with van der Waals surface area (Å²) in [6, 6.07) is -0.711. The molecule has 62 heavy (non-hydrogen) atoms. The number of esters is 1. The van der Waals surface area contributed by atoms with Gasteiger partial charge in [-0.15, -0.1) is 0 Å². The van der Waals surface area contributed by atoms with E-state index in [0.717, 1.165) is 77.0 Å². The third-order valence-electron chi connectivity index (χ3n) is 12.1. The number of unbranched alkanes of at least 4 members (excludes halogenated alkanes) is 28. The molecular weight excluding hydrogens is 767 g/mol. The van der Waals surface area contributed by atoms with Crippen molar-refractivity contribution in [2.24, 2.45) is 0 Å². The lowest BCUT2D eigenvalue weighted by Gasteiger charge is -2.24. The monoisotopic (exact) mass is 870 g/mol. The van der Waals surface area contributed by atoms with Crippen molar-refractivity contribution in [2.75, 3.05) is 6.61 Å². The molecule has 0 aromatic rings. The second-order valence-electron chi connectivity index (χ2n) is 18.3. The van der Waals surface area contributed by atoms with Gasteiger partial charge in [-0.1, -0.05) is 223 Å². The zero-order chi connectivity index (χ0) is 45.2. The molecule has 0 aromatic heterocycles. The normalized spacial score (nSPS) is 13.6. The van der Waals surface area contributed by atoms with E-state index in [9.17, 15) is 19.8 Å². The van der Waals surface area contributed by atoms with Crippen LogP contribution >= 0.6 is 0 Å². The third kappa shape index (κ3) is 44.4. The van der Waals surface area contributed by atoms with Crippen LogP contribution in [-0.2, 0) is 14.3 Å². The number of carbonyl (C=O) groups excluding carboxylic acids is 2. The number of allylic oxidation sites excluding steroid dienone is 8. The van der Waals surface area contributed by atoms with Crippen LogP contribution in [0, 0.1) is 0 Å². The van der Waals surface area contributed by atoms with Crippen molar-refractivity contribution >= 4 is 11.9 Å². The highest BCUT2D eigenvalue weighted by atomic mass is 16.5. The number of hydrogen-bond acceptors (Lipinski definition) is 5. The Kier molecular flexibility index (Phi) is 48.1. The Morgan fingerprint density at radius 1 is 0.468 bits per heavy atom. The van der Waals surface area contributed by atoms with Crippen LogP contribution in [-0.4, -0.2) is 46.9 Å². The molecule has 0 saturated carbocycles. The lowest BCUT2D eigenvalue weighted by Crippen LogP contribution is -2.46. The summed E-state index contributed by atoms with van der Waals surface area (Å²) in [4.78, 5) is 26.1. The summed E-state index contributed by atoms with van der Waals surface area (Å²) in [6.07, 6.45) is 60.3. The van der Waals surface area contributed by atoms with Crippen LogP contribution in [0.15, 0.2) is 48.6 Å². The molecule has 1 amide bonds. The molecule has 3 atom stereocenters. The van der Waals surface area contributed by atoms with Crippen LogP contribution in [0.3, 0.4) is 0 Å². The maximum absolute atomic E-state index is 13.2. The van der Waals surface area contributed by atoms with Crippen LogP contribution in [0.1, 0.15) is 271 Å². The molecule has 3 unspecified atom stereocenters. The predicted molar refractivity (Wildman–Crippen MR) is 269 cm³/mol. The molecule has 0 aromatic carbocycles. The summed E-state index contributed by atoms with van der Waals surface area (Å²) in [5.41, 5.74) is 0. The van der Waals surface area contributed by atoms with Gasteiger partial charge < -0.3 is 20.3 Å². The molecule has 0 heterocycles. The molecule has 6 nitrogen and oxygen atoms in total. The highest BCUT2D eigenvalue weighted by molar-refractivity contribution is 5.77. The molecule has 362 valence electrons. The lowest BCUT2D eigenvalue weighted by molar-refractivity contribution is -0.151. The topological polar surface area (TPSA) is 95.9 Å². The van der Waals surface area contributed by atoms with Gasteiger partial charge in [0.05, 0.1) is 25.2 Å². The summed E-state index contributed by atoms with van der Waals surface area (Å²) >= 11 is 0. The summed E-state index contributed by atoms with van der Waals surface area (Å²) < 4.78 is 5.91. The van der Waals surface area contributed by atoms with Gasteiger partial charge in [0.2, 0.25) is 5.91 Å². The predicted octanol–water partition coefficient (Wildman–Crippen LogP) is 16.2. The van der Waals surface area contributed by atoms with Crippen LogP contribution in [0.5, 0.6) is 0 Å². The zero-order valence-electron chi connectivity index (χ0n) is 41.3. The average Bonchev–Trinajstić information content (AvgIpc) is 3.26. The Morgan fingerprint density at radius 3 is 1.32 bits per heavy atom. The van der Waals surface area contributed by atoms with Crippen molar-refractivity contribution in [3.63, 3.8) is 0 Å². The van der Waals surface area contributed by atoms with Gasteiger partial charge in [-0.25, -0.2) is 0 Å². The van der Waals surface area contributed by atoms with Crippen molar-refractivity contribution in [1.29, 1.82) is 0 Å². The maximum atomic E-state index is 13.2. The molecule has 0 saturated heterocycles. The lowest BCUT2D eigenvalue weighted by atomic mass is 10.0. The van der Waals surface area contributed by atoms with Gasteiger partial charge in [-0.2, -0.15) is 0 Å². The van der Waals surface area contributed by atoms with E-state index in [-0.39, 0.29) is 24.9 Å². The Bertz CT molecular complexity index is 1070. The summed E-state index contributed by atoms with van der Waals surface area (Å²) in [5, 5.41) is 23.8. The average molecular weight is 870 g/mol. The van der Waals surface area contributed by atoms with Gasteiger partial charge in [0.25, 0.3) is 0 Å². The number of aliphatic hydroxyl groups is 2. The van der Waals surface area contributed by atoms with E-state index in [1.165, 1.54) is 148 Å². The highest BCUT2D eigenvalue weighted by Crippen LogP contribution is 2.17. The smallest absolute Gasteiger partial charge is 0.306 e. The first kappa shape index (κ1) is 59.8. The fourth-order valence-corrected chi connectivity index (χ4v) is 8.03. The molecule has 0 rings (SSSR count). The maximum Gasteiger partial charge on any atom is 0.306 e. The first-order chi connectivity index (χ1) is 30.5. The fraction of sp³-hybridized carbons (Fsp3) is 0.821. The molecule has 0 aliphatic carbocycles. The number of rotatable bonds is 48. The molecule has 6 heteroatoms. The first-order valence-electron chi connectivity index (χ1n) is 26.9. The van der Waals surface area contributed by atoms with Gasteiger partial charge in [-0.05, 0) is 83.5 Å². The van der Waals surface area contributed by atoms with Crippen LogP contribution in [0.4, 0.5) is 0 Å². The number of ether oxygens (including phenoxy) is 1. The van der Waals surface area contributed by atoms with Gasteiger partial charge >= 0.3 is 5.97 Å². The molecule has 0 spiro atoms. The van der Waals surface area contributed by atoms with E-state index in [1.807, 2.05) is 0 Å². The van der Waals surface area contributed by atoms with E-state index in [4.69, 9.17) is 4.74 Å². The number of nitrogens with one attached hydrogen (secondary N) is 1. The van der Waals surface area contributed by atoms with Crippen LogP contribution in [0.25, 0.3) is 0 Å². The highest BCUT2D eigenvalue weighted by Gasteiger charge is 2.24. The minimum Gasteiger partial charge on any atom is -0.462 e. The van der Waals surface area contributed by atoms with Gasteiger partial charge in [-0.3, -0.25) is 9.59 Å². The fourth-order valence-electron chi connectivity index (χ4n) is 8.03. The van der Waals surface area contributed by atoms with Crippen molar-refractivity contribution < 1.29 is 24.5 Å². The first-order valence-corrected chi connectivity index (χ1v) is 26.9. The Morgan fingerprint density at radius 2 is 0.839 bits per heavy atom. The third-order valence-corrected chi connectivity index (χ3v) is 12.1. The standard InChI is InChI=1S/C56H103NO5/c1-4-7-10-13-16-19-22-24-25-26-27-28-29-31-34-37-40-43-46-49-56(61)62-52(47-44-41-38-35-32-21-18-15-12-9-6-3)50-55(60)57-53(51-58)54(59)48-45-42-39-36-33-30-23-20-17-14-11-8-5-2/h16,19,24-25,27-28,35,38,52-54,58-59H,4-15,17-18,20-23,26,29-34,36-37,39-51H2,1-3H3,(H,57,60)/b19-16-,25-24-,28-27-,38-35-. The molecule has 3 N–H and O–H groups in total. The number of carbonyl (C=O) groups is 2. The quantitative estimate of drug-likeness (QED) is 0.0322. The second-order valence-corrected chi connectivity index (χ2v) is 18.3. The number of hydrogen-bond donors (Lipinski definition) is 3. The molecule has 0 radical (unpaired) electrons. The van der Waals surface area contributed by atoms with Crippen LogP contribution < -0.4 is 5.32 Å². The second kappa shape index (κ2) is 49.8. The van der Waals surface area contributed by atoms with Gasteiger partial charge in [0, 0.05) is 6.42 Å². The number of amides is 1. The van der Waals surface area contributed by atoms with E-state index in [2.05, 4.69) is 74.7 Å².